The topological polar surface area (TPSA) is 109 Å². The van der Waals surface area contributed by atoms with Crippen molar-refractivity contribution in [2.24, 2.45) is 5.41 Å². The van der Waals surface area contributed by atoms with E-state index in [9.17, 15) is 19.2 Å². The van der Waals surface area contributed by atoms with Crippen molar-refractivity contribution in [1.82, 2.24) is 0 Å². The van der Waals surface area contributed by atoms with E-state index in [0.29, 0.717) is 11.1 Å². The van der Waals surface area contributed by atoms with E-state index in [1.54, 1.807) is 6.07 Å². The van der Waals surface area contributed by atoms with Crippen LogP contribution in [0.3, 0.4) is 0 Å². The lowest BCUT2D eigenvalue weighted by Crippen LogP contribution is -2.39. The standard InChI is InChI=1S/C19H18O8/c1-10(20)26-14-2-3-16(21)19(6-12-13(14)9-25-17(12)22)7-15(27-18(19)23)11-4-5-24-8-11/h4-5,8,14-15H,2-3,6-7,9H2,1H3. The third-order valence-electron chi connectivity index (χ3n) is 5.42. The van der Waals surface area contributed by atoms with Gasteiger partial charge < -0.3 is 18.6 Å². The smallest absolute Gasteiger partial charge is 0.334 e. The third-order valence-corrected chi connectivity index (χ3v) is 5.42. The van der Waals surface area contributed by atoms with Gasteiger partial charge in [-0.25, -0.2) is 4.79 Å². The van der Waals surface area contributed by atoms with Gasteiger partial charge in [0.2, 0.25) is 0 Å². The number of hydrogen-bond acceptors (Lipinski definition) is 8. The summed E-state index contributed by atoms with van der Waals surface area (Å²) in [5.74, 6) is -2.05. The van der Waals surface area contributed by atoms with E-state index >= 15 is 0 Å². The summed E-state index contributed by atoms with van der Waals surface area (Å²) in [5.41, 5.74) is -0.00983. The van der Waals surface area contributed by atoms with E-state index in [2.05, 4.69) is 0 Å². The van der Waals surface area contributed by atoms with Crippen molar-refractivity contribution in [3.05, 3.63) is 35.3 Å². The number of carbonyl (C=O) groups excluding carboxylic acids is 4. The Morgan fingerprint density at radius 1 is 1.30 bits per heavy atom. The highest BCUT2D eigenvalue weighted by Crippen LogP contribution is 2.49. The van der Waals surface area contributed by atoms with Gasteiger partial charge in [0.25, 0.3) is 0 Å². The Morgan fingerprint density at radius 3 is 2.81 bits per heavy atom. The molecule has 0 N–H and O–H groups in total. The molecule has 1 aromatic heterocycles. The van der Waals surface area contributed by atoms with Crippen molar-refractivity contribution in [2.75, 3.05) is 6.61 Å². The highest BCUT2D eigenvalue weighted by Gasteiger charge is 2.57. The minimum atomic E-state index is -1.44. The van der Waals surface area contributed by atoms with E-state index in [-0.39, 0.29) is 43.6 Å². The SMILES string of the molecule is CC(=O)OC1CCC(=O)C2(CC3=C1COC3=O)CC(c1ccoc1)OC2=O. The molecule has 1 saturated heterocycles. The van der Waals surface area contributed by atoms with Gasteiger partial charge in [-0.05, 0) is 12.5 Å². The molecule has 8 nitrogen and oxygen atoms in total. The molecule has 1 aromatic rings. The van der Waals surface area contributed by atoms with Gasteiger partial charge in [0, 0.05) is 42.9 Å². The molecular formula is C19H18O8. The molecule has 27 heavy (non-hydrogen) atoms. The number of hydrogen-bond donors (Lipinski definition) is 0. The lowest BCUT2D eigenvalue weighted by molar-refractivity contribution is -0.154. The predicted molar refractivity (Wildman–Crippen MR) is 87.0 cm³/mol. The first-order chi connectivity index (χ1) is 12.9. The molecule has 0 aromatic carbocycles. The fourth-order valence-corrected chi connectivity index (χ4v) is 4.03. The van der Waals surface area contributed by atoms with E-state index in [1.807, 2.05) is 0 Å². The number of ketones is 1. The Labute approximate surface area is 154 Å². The minimum absolute atomic E-state index is 0.00338. The van der Waals surface area contributed by atoms with Gasteiger partial charge >= 0.3 is 17.9 Å². The van der Waals surface area contributed by atoms with E-state index in [4.69, 9.17) is 18.6 Å². The second-order valence-corrected chi connectivity index (χ2v) is 7.05. The molecule has 3 atom stereocenters. The molecule has 4 rings (SSSR count). The molecule has 3 unspecified atom stereocenters. The predicted octanol–water partition coefficient (Wildman–Crippen LogP) is 1.79. The fraction of sp³-hybridized carbons (Fsp3) is 0.474. The second-order valence-electron chi connectivity index (χ2n) is 7.05. The average Bonchev–Trinajstić information content (AvgIpc) is 3.32. The molecule has 2 aliphatic heterocycles. The summed E-state index contributed by atoms with van der Waals surface area (Å²) in [6, 6.07) is 1.68. The monoisotopic (exact) mass is 374 g/mol. The van der Waals surface area contributed by atoms with Gasteiger partial charge in [0.1, 0.15) is 24.2 Å². The van der Waals surface area contributed by atoms with Gasteiger partial charge in [-0.1, -0.05) is 0 Å². The molecule has 0 bridgehead atoms. The maximum atomic E-state index is 13.0. The Morgan fingerprint density at radius 2 is 2.11 bits per heavy atom. The lowest BCUT2D eigenvalue weighted by Gasteiger charge is -2.28. The van der Waals surface area contributed by atoms with E-state index in [1.165, 1.54) is 19.5 Å². The number of esters is 3. The van der Waals surface area contributed by atoms with Gasteiger partial charge in [0.15, 0.2) is 5.78 Å². The number of rotatable bonds is 2. The maximum Gasteiger partial charge on any atom is 0.334 e. The summed E-state index contributed by atoms with van der Waals surface area (Å²) in [4.78, 5) is 49.4. The zero-order chi connectivity index (χ0) is 19.2. The third kappa shape index (κ3) is 2.85. The summed E-state index contributed by atoms with van der Waals surface area (Å²) in [7, 11) is 0. The number of carbonyl (C=O) groups is 4. The normalized spacial score (nSPS) is 30.6. The van der Waals surface area contributed by atoms with Crippen LogP contribution in [0.4, 0.5) is 0 Å². The molecule has 1 spiro atoms. The number of Topliss-reactive ketones (excluding diaryl/α,β-unsaturated/α-hetero) is 1. The Kier molecular flexibility index (Phi) is 4.13. The molecule has 3 heterocycles. The van der Waals surface area contributed by atoms with Crippen LogP contribution < -0.4 is 0 Å². The van der Waals surface area contributed by atoms with Crippen LogP contribution >= 0.6 is 0 Å². The molecule has 142 valence electrons. The first kappa shape index (κ1) is 17.5. The summed E-state index contributed by atoms with van der Waals surface area (Å²) < 4.78 is 20.9. The first-order valence-corrected chi connectivity index (χ1v) is 8.73. The molecular weight excluding hydrogens is 356 g/mol. The minimum Gasteiger partial charge on any atom is -0.472 e. The Hall–Kier alpha value is -2.90. The van der Waals surface area contributed by atoms with Crippen LogP contribution in [0.5, 0.6) is 0 Å². The summed E-state index contributed by atoms with van der Waals surface area (Å²) in [5, 5.41) is 0. The zero-order valence-electron chi connectivity index (χ0n) is 14.7. The van der Waals surface area contributed by atoms with E-state index in [0.717, 1.165) is 0 Å². The van der Waals surface area contributed by atoms with Crippen LogP contribution in [-0.4, -0.2) is 36.4 Å². The summed E-state index contributed by atoms with van der Waals surface area (Å²) >= 11 is 0. The van der Waals surface area contributed by atoms with Crippen LogP contribution in [0.1, 0.15) is 44.3 Å². The zero-order valence-corrected chi connectivity index (χ0v) is 14.7. The van der Waals surface area contributed by atoms with Crippen LogP contribution in [0.2, 0.25) is 0 Å². The first-order valence-electron chi connectivity index (χ1n) is 8.73. The van der Waals surface area contributed by atoms with E-state index < -0.39 is 35.5 Å². The van der Waals surface area contributed by atoms with Crippen molar-refractivity contribution in [1.29, 1.82) is 0 Å². The Bertz CT molecular complexity index is 849. The quantitative estimate of drug-likeness (QED) is 0.438. The van der Waals surface area contributed by atoms with Crippen LogP contribution in [0.15, 0.2) is 34.2 Å². The van der Waals surface area contributed by atoms with Crippen molar-refractivity contribution < 1.29 is 37.8 Å². The largest absolute Gasteiger partial charge is 0.472 e. The molecule has 1 aliphatic carbocycles. The van der Waals surface area contributed by atoms with Crippen LogP contribution in [0.25, 0.3) is 0 Å². The molecule has 0 radical (unpaired) electrons. The summed E-state index contributed by atoms with van der Waals surface area (Å²) in [6.07, 6.45) is 1.88. The van der Waals surface area contributed by atoms with Gasteiger partial charge in [0.05, 0.1) is 12.5 Å². The number of furan rings is 1. The molecule has 0 saturated carbocycles. The van der Waals surface area contributed by atoms with Crippen LogP contribution in [-0.2, 0) is 33.4 Å². The number of ether oxygens (including phenoxy) is 3. The Balaban J connectivity index is 1.72. The molecule has 3 aliphatic rings. The molecule has 0 amide bonds. The van der Waals surface area contributed by atoms with Crippen molar-refractivity contribution in [3.8, 4) is 0 Å². The second kappa shape index (κ2) is 6.37. The van der Waals surface area contributed by atoms with Crippen LogP contribution in [0, 0.1) is 5.41 Å². The van der Waals surface area contributed by atoms with Gasteiger partial charge in [-0.15, -0.1) is 0 Å². The lowest BCUT2D eigenvalue weighted by atomic mass is 9.71. The highest BCUT2D eigenvalue weighted by molar-refractivity contribution is 6.07. The summed E-state index contributed by atoms with van der Waals surface area (Å²) in [6.45, 7) is 1.26. The van der Waals surface area contributed by atoms with Crippen molar-refractivity contribution in [2.45, 2.75) is 44.8 Å². The van der Waals surface area contributed by atoms with Crippen molar-refractivity contribution >= 4 is 23.7 Å². The maximum absolute atomic E-state index is 13.0. The molecule has 1 fully saturated rings. The van der Waals surface area contributed by atoms with Crippen molar-refractivity contribution in [3.63, 3.8) is 0 Å². The fourth-order valence-electron chi connectivity index (χ4n) is 4.03. The highest BCUT2D eigenvalue weighted by atomic mass is 16.6. The number of cyclic esters (lactones) is 2. The molecule has 8 heteroatoms. The van der Waals surface area contributed by atoms with Gasteiger partial charge in [-0.3, -0.25) is 14.4 Å². The average molecular weight is 374 g/mol. The van der Waals surface area contributed by atoms with Gasteiger partial charge in [-0.2, -0.15) is 0 Å².